The Morgan fingerprint density at radius 3 is 2.32 bits per heavy atom. The van der Waals surface area contributed by atoms with Crippen molar-refractivity contribution < 1.29 is 17.6 Å². The molecule has 6 nitrogen and oxygen atoms in total. The van der Waals surface area contributed by atoms with Crippen LogP contribution >= 0.6 is 0 Å². The van der Waals surface area contributed by atoms with E-state index in [9.17, 15) is 17.6 Å². The van der Waals surface area contributed by atoms with Crippen molar-refractivity contribution in [1.29, 1.82) is 0 Å². The van der Waals surface area contributed by atoms with E-state index in [1.807, 2.05) is 6.07 Å². The second-order valence-corrected chi connectivity index (χ2v) is 8.63. The smallest absolute Gasteiger partial charge is 0.241 e. The van der Waals surface area contributed by atoms with Crippen molar-refractivity contribution in [1.82, 2.24) is 9.62 Å². The number of hydrogen-bond acceptors (Lipinski definition) is 4. The molecule has 0 radical (unpaired) electrons. The van der Waals surface area contributed by atoms with E-state index in [-0.39, 0.29) is 17.3 Å². The summed E-state index contributed by atoms with van der Waals surface area (Å²) in [5.41, 5.74) is 3.63. The van der Waals surface area contributed by atoms with Gasteiger partial charge in [-0.1, -0.05) is 12.1 Å². The Kier molecular flexibility index (Phi) is 6.00. The van der Waals surface area contributed by atoms with Gasteiger partial charge >= 0.3 is 0 Å². The van der Waals surface area contributed by atoms with Crippen LogP contribution in [0.5, 0.6) is 0 Å². The fraction of sp³-hybridized carbons (Fsp3) is 0.350. The molecule has 2 aromatic rings. The molecule has 0 spiro atoms. The molecule has 8 heteroatoms. The molecule has 1 amide bonds. The standard InChI is InChI=1S/C20H24FN3O3S/c1-15-4-3-5-19(16(15)2)23-10-12-24(13-11-23)20(25)14-22-28(26,27)18-8-6-17(21)7-9-18/h3-9,22H,10-14H2,1-2H3. The lowest BCUT2D eigenvalue weighted by atomic mass is 10.1. The summed E-state index contributed by atoms with van der Waals surface area (Å²) in [6.45, 7) is 6.30. The van der Waals surface area contributed by atoms with Crippen LogP contribution in [0.25, 0.3) is 0 Å². The van der Waals surface area contributed by atoms with E-state index in [0.29, 0.717) is 26.2 Å². The molecule has 1 aliphatic rings. The van der Waals surface area contributed by atoms with Crippen LogP contribution in [-0.4, -0.2) is 51.9 Å². The molecule has 0 unspecified atom stereocenters. The van der Waals surface area contributed by atoms with Crippen molar-refractivity contribution in [3.8, 4) is 0 Å². The quantitative estimate of drug-likeness (QED) is 0.827. The van der Waals surface area contributed by atoms with E-state index in [4.69, 9.17) is 0 Å². The number of rotatable bonds is 5. The van der Waals surface area contributed by atoms with E-state index in [2.05, 4.69) is 35.6 Å². The van der Waals surface area contributed by atoms with Crippen molar-refractivity contribution in [2.75, 3.05) is 37.6 Å². The fourth-order valence-corrected chi connectivity index (χ4v) is 4.22. The van der Waals surface area contributed by atoms with Crippen LogP contribution in [0, 0.1) is 19.7 Å². The third-order valence-corrected chi connectivity index (χ3v) is 6.50. The molecule has 1 heterocycles. The molecule has 1 aliphatic heterocycles. The van der Waals surface area contributed by atoms with Crippen molar-refractivity contribution in [3.63, 3.8) is 0 Å². The van der Waals surface area contributed by atoms with Gasteiger partial charge in [0.2, 0.25) is 15.9 Å². The molecule has 3 rings (SSSR count). The number of piperazine rings is 1. The maximum atomic E-state index is 13.0. The lowest BCUT2D eigenvalue weighted by molar-refractivity contribution is -0.130. The lowest BCUT2D eigenvalue weighted by Gasteiger charge is -2.37. The van der Waals surface area contributed by atoms with Gasteiger partial charge in [-0.2, -0.15) is 0 Å². The average Bonchev–Trinajstić information content (AvgIpc) is 2.69. The van der Waals surface area contributed by atoms with Gasteiger partial charge in [-0.05, 0) is 55.3 Å². The topological polar surface area (TPSA) is 69.7 Å². The van der Waals surface area contributed by atoms with Gasteiger partial charge in [0.1, 0.15) is 5.82 Å². The van der Waals surface area contributed by atoms with Gasteiger partial charge in [-0.25, -0.2) is 17.5 Å². The molecule has 150 valence electrons. The zero-order valence-electron chi connectivity index (χ0n) is 16.0. The second-order valence-electron chi connectivity index (χ2n) is 6.87. The summed E-state index contributed by atoms with van der Waals surface area (Å²) in [6.07, 6.45) is 0. The number of sulfonamides is 1. The van der Waals surface area contributed by atoms with Crippen molar-refractivity contribution in [2.45, 2.75) is 18.7 Å². The van der Waals surface area contributed by atoms with Gasteiger partial charge < -0.3 is 9.80 Å². The van der Waals surface area contributed by atoms with Crippen LogP contribution in [0.1, 0.15) is 11.1 Å². The van der Waals surface area contributed by atoms with Crippen LogP contribution in [0.4, 0.5) is 10.1 Å². The van der Waals surface area contributed by atoms with Gasteiger partial charge in [0.15, 0.2) is 0 Å². The molecule has 28 heavy (non-hydrogen) atoms. The van der Waals surface area contributed by atoms with E-state index in [1.54, 1.807) is 4.90 Å². The van der Waals surface area contributed by atoms with E-state index in [0.717, 1.165) is 12.1 Å². The van der Waals surface area contributed by atoms with E-state index >= 15 is 0 Å². The Morgan fingerprint density at radius 2 is 1.68 bits per heavy atom. The van der Waals surface area contributed by atoms with E-state index < -0.39 is 15.8 Å². The highest BCUT2D eigenvalue weighted by molar-refractivity contribution is 7.89. The average molecular weight is 405 g/mol. The van der Waals surface area contributed by atoms with Gasteiger partial charge in [0.05, 0.1) is 11.4 Å². The third-order valence-electron chi connectivity index (χ3n) is 5.09. The number of hydrogen-bond donors (Lipinski definition) is 1. The number of nitrogens with one attached hydrogen (secondary N) is 1. The molecule has 0 saturated carbocycles. The Labute approximate surface area is 165 Å². The summed E-state index contributed by atoms with van der Waals surface area (Å²) < 4.78 is 39.7. The van der Waals surface area contributed by atoms with Crippen LogP contribution in [0.2, 0.25) is 0 Å². The summed E-state index contributed by atoms with van der Waals surface area (Å²) in [4.78, 5) is 16.3. The first-order chi connectivity index (χ1) is 13.3. The highest BCUT2D eigenvalue weighted by Crippen LogP contribution is 2.23. The first-order valence-corrected chi connectivity index (χ1v) is 10.6. The summed E-state index contributed by atoms with van der Waals surface area (Å²) in [5, 5.41) is 0. The number of halogens is 1. The number of nitrogens with zero attached hydrogens (tertiary/aromatic N) is 2. The molecular formula is C20H24FN3O3S. The first kappa shape index (κ1) is 20.3. The summed E-state index contributed by atoms with van der Waals surface area (Å²) >= 11 is 0. The van der Waals surface area contributed by atoms with Crippen molar-refractivity contribution in [3.05, 3.63) is 59.4 Å². The van der Waals surface area contributed by atoms with Gasteiger partial charge in [0, 0.05) is 31.9 Å². The third kappa shape index (κ3) is 4.51. The minimum absolute atomic E-state index is 0.0681. The second kappa shape index (κ2) is 8.28. The molecule has 1 fully saturated rings. The molecule has 2 aromatic carbocycles. The number of amides is 1. The highest BCUT2D eigenvalue weighted by Gasteiger charge is 2.24. The van der Waals surface area contributed by atoms with Crippen LogP contribution in [0.15, 0.2) is 47.4 Å². The zero-order valence-corrected chi connectivity index (χ0v) is 16.8. The van der Waals surface area contributed by atoms with Gasteiger partial charge in [0.25, 0.3) is 0 Å². The summed E-state index contributed by atoms with van der Waals surface area (Å²) in [5.74, 6) is -0.789. The monoisotopic (exact) mass is 405 g/mol. The zero-order chi connectivity index (χ0) is 20.3. The Hall–Kier alpha value is -2.45. The molecule has 0 aromatic heterocycles. The summed E-state index contributed by atoms with van der Waals surface area (Å²) in [7, 11) is -3.85. The number of aryl methyl sites for hydroxylation is 1. The molecule has 0 bridgehead atoms. The van der Waals surface area contributed by atoms with Crippen LogP contribution in [0.3, 0.4) is 0 Å². The van der Waals surface area contributed by atoms with E-state index in [1.165, 1.54) is 28.9 Å². The van der Waals surface area contributed by atoms with Gasteiger partial charge in [-0.15, -0.1) is 0 Å². The first-order valence-electron chi connectivity index (χ1n) is 9.12. The highest BCUT2D eigenvalue weighted by atomic mass is 32.2. The predicted octanol–water partition coefficient (Wildman–Crippen LogP) is 2.07. The number of benzene rings is 2. The fourth-order valence-electron chi connectivity index (χ4n) is 3.24. The van der Waals surface area contributed by atoms with Crippen LogP contribution < -0.4 is 9.62 Å². The lowest BCUT2D eigenvalue weighted by Crippen LogP contribution is -2.51. The number of carbonyl (C=O) groups is 1. The molecule has 0 aliphatic carbocycles. The normalized spacial score (nSPS) is 15.0. The molecule has 1 saturated heterocycles. The largest absolute Gasteiger partial charge is 0.368 e. The Morgan fingerprint density at radius 1 is 1.04 bits per heavy atom. The minimum atomic E-state index is -3.85. The SMILES string of the molecule is Cc1cccc(N2CCN(C(=O)CNS(=O)(=O)c3ccc(F)cc3)CC2)c1C. The van der Waals surface area contributed by atoms with Gasteiger partial charge in [-0.3, -0.25) is 4.79 Å². The summed E-state index contributed by atoms with van der Waals surface area (Å²) in [6, 6.07) is 10.7. The minimum Gasteiger partial charge on any atom is -0.368 e. The maximum absolute atomic E-state index is 13.0. The Balaban J connectivity index is 1.55. The molecule has 0 atom stereocenters. The van der Waals surface area contributed by atoms with Crippen molar-refractivity contribution >= 4 is 21.6 Å². The molecule has 1 N–H and O–H groups in total. The molecular weight excluding hydrogens is 381 g/mol. The Bertz CT molecular complexity index is 953. The maximum Gasteiger partial charge on any atom is 0.241 e. The number of anilines is 1. The van der Waals surface area contributed by atoms with Crippen molar-refractivity contribution in [2.24, 2.45) is 0 Å². The predicted molar refractivity (Wildman–Crippen MR) is 106 cm³/mol. The number of carbonyl (C=O) groups excluding carboxylic acids is 1. The van der Waals surface area contributed by atoms with Crippen LogP contribution in [-0.2, 0) is 14.8 Å².